The second-order valence-electron chi connectivity index (χ2n) is 7.50. The number of nitriles is 1. The second kappa shape index (κ2) is 8.77. The number of benzene rings is 2. The molecule has 1 N–H and O–H groups in total. The van der Waals surface area contributed by atoms with E-state index < -0.39 is 11.6 Å². The third-order valence-electron chi connectivity index (χ3n) is 5.73. The van der Waals surface area contributed by atoms with Crippen molar-refractivity contribution >= 4 is 17.7 Å². The zero-order chi connectivity index (χ0) is 22.9. The van der Waals surface area contributed by atoms with Crippen LogP contribution in [0, 0.1) is 11.3 Å². The molecular weight excluding hydrogens is 428 g/mol. The van der Waals surface area contributed by atoms with E-state index >= 15 is 0 Å². The Hall–Kier alpha value is -3.15. The summed E-state index contributed by atoms with van der Waals surface area (Å²) in [7, 11) is 3.12. The summed E-state index contributed by atoms with van der Waals surface area (Å²) in [4.78, 5) is 14.7. The first-order chi connectivity index (χ1) is 15.5. The number of aliphatic hydroxyl groups is 1. The second-order valence-corrected chi connectivity index (χ2v) is 8.46. The minimum Gasteiger partial charge on any atom is -0.497 e. The van der Waals surface area contributed by atoms with Gasteiger partial charge < -0.3 is 19.3 Å². The van der Waals surface area contributed by atoms with Gasteiger partial charge in [0.15, 0.2) is 17.2 Å². The predicted molar refractivity (Wildman–Crippen MR) is 120 cm³/mol. The summed E-state index contributed by atoms with van der Waals surface area (Å²) in [5.41, 5.74) is 0.256. The quantitative estimate of drug-likeness (QED) is 0.714. The molecule has 0 bridgehead atoms. The Morgan fingerprint density at radius 3 is 2.72 bits per heavy atom. The van der Waals surface area contributed by atoms with E-state index in [1.165, 1.54) is 16.7 Å². The number of nitrogens with zero attached hydrogens (tertiary/aromatic N) is 2. The predicted octanol–water partition coefficient (Wildman–Crippen LogP) is 3.75. The van der Waals surface area contributed by atoms with Gasteiger partial charge in [0, 0.05) is 17.9 Å². The molecule has 7 nitrogen and oxygen atoms in total. The fraction of sp³-hybridized carbons (Fsp3) is 0.333. The summed E-state index contributed by atoms with van der Waals surface area (Å²) in [5, 5.41) is 22.1. The smallest absolute Gasteiger partial charge is 0.231 e. The van der Waals surface area contributed by atoms with Gasteiger partial charge in [-0.2, -0.15) is 5.26 Å². The van der Waals surface area contributed by atoms with Crippen molar-refractivity contribution in [1.82, 2.24) is 4.90 Å². The Balaban J connectivity index is 1.77. The molecule has 2 aromatic carbocycles. The van der Waals surface area contributed by atoms with Gasteiger partial charge in [-0.1, -0.05) is 18.2 Å². The van der Waals surface area contributed by atoms with Crippen molar-refractivity contribution in [3.05, 3.63) is 64.2 Å². The first-order valence-corrected chi connectivity index (χ1v) is 11.2. The van der Waals surface area contributed by atoms with Gasteiger partial charge in [0.05, 0.1) is 43.3 Å². The molecule has 1 saturated heterocycles. The molecule has 2 atom stereocenters. The van der Waals surface area contributed by atoms with Crippen LogP contribution in [0.25, 0.3) is 0 Å². The average Bonchev–Trinajstić information content (AvgIpc) is 3.18. The van der Waals surface area contributed by atoms with Gasteiger partial charge in [-0.15, -0.1) is 11.8 Å². The molecule has 2 aromatic rings. The van der Waals surface area contributed by atoms with Crippen molar-refractivity contribution < 1.29 is 24.1 Å². The summed E-state index contributed by atoms with van der Waals surface area (Å²) in [5.74, 6) is 1.30. The number of carbonyl (C=O) groups is 1. The van der Waals surface area contributed by atoms with Crippen LogP contribution in [-0.4, -0.2) is 42.5 Å². The minimum atomic E-state index is -1.55. The SMILES string of the molecule is CCOc1cc([C@@H]2CC(=O)N3C(=C2C#N)SC[C@]3(O)c2cccc(OC)c2)ccc1OC. The van der Waals surface area contributed by atoms with Gasteiger partial charge in [-0.25, -0.2) is 0 Å². The lowest BCUT2D eigenvalue weighted by molar-refractivity contribution is -0.149. The fourth-order valence-corrected chi connectivity index (χ4v) is 5.53. The molecule has 2 heterocycles. The van der Waals surface area contributed by atoms with E-state index in [0.717, 1.165) is 5.56 Å². The topological polar surface area (TPSA) is 92.0 Å². The van der Waals surface area contributed by atoms with Crippen LogP contribution in [0.2, 0.25) is 0 Å². The molecule has 0 radical (unpaired) electrons. The van der Waals surface area contributed by atoms with Crippen molar-refractivity contribution in [2.45, 2.75) is 25.0 Å². The highest BCUT2D eigenvalue weighted by Crippen LogP contribution is 2.52. The van der Waals surface area contributed by atoms with Crippen LogP contribution in [0.15, 0.2) is 53.1 Å². The Labute approximate surface area is 191 Å². The molecular formula is C24H24N2O5S. The standard InChI is InChI=1S/C24H24N2O5S/c1-4-31-21-10-15(8-9-20(21)30-3)18-12-22(27)26-23(19(18)13-25)32-14-24(26,28)16-6-5-7-17(11-16)29-2/h5-11,18,28H,4,12,14H2,1-3H3/t18-,24-/m0/s1. The fourth-order valence-electron chi connectivity index (χ4n) is 4.17. The van der Waals surface area contributed by atoms with Crippen LogP contribution < -0.4 is 14.2 Å². The molecule has 4 rings (SSSR count). The molecule has 8 heteroatoms. The molecule has 0 saturated carbocycles. The monoisotopic (exact) mass is 452 g/mol. The summed E-state index contributed by atoms with van der Waals surface area (Å²) in [6, 6.07) is 14.8. The van der Waals surface area contributed by atoms with Crippen molar-refractivity contribution in [2.75, 3.05) is 26.6 Å². The lowest BCUT2D eigenvalue weighted by Gasteiger charge is -2.38. The number of amides is 1. The van der Waals surface area contributed by atoms with Gasteiger partial charge in [-0.05, 0) is 36.8 Å². The maximum atomic E-state index is 13.3. The van der Waals surface area contributed by atoms with Crippen LogP contribution in [0.3, 0.4) is 0 Å². The molecule has 2 aliphatic heterocycles. The molecule has 32 heavy (non-hydrogen) atoms. The number of methoxy groups -OCH3 is 2. The highest BCUT2D eigenvalue weighted by atomic mass is 32.2. The lowest BCUT2D eigenvalue weighted by Crippen LogP contribution is -2.48. The Morgan fingerprint density at radius 2 is 2.03 bits per heavy atom. The van der Waals surface area contributed by atoms with E-state index in [1.807, 2.05) is 19.1 Å². The number of thioether (sulfide) groups is 1. The van der Waals surface area contributed by atoms with E-state index in [2.05, 4.69) is 6.07 Å². The molecule has 0 aromatic heterocycles. The van der Waals surface area contributed by atoms with Crippen LogP contribution >= 0.6 is 11.8 Å². The van der Waals surface area contributed by atoms with Crippen molar-refractivity contribution in [3.8, 4) is 23.3 Å². The molecule has 166 valence electrons. The zero-order valence-corrected chi connectivity index (χ0v) is 18.9. The number of hydrogen-bond acceptors (Lipinski definition) is 7. The van der Waals surface area contributed by atoms with Crippen LogP contribution in [0.4, 0.5) is 0 Å². The average molecular weight is 453 g/mol. The summed E-state index contributed by atoms with van der Waals surface area (Å²) < 4.78 is 16.3. The van der Waals surface area contributed by atoms with E-state index in [9.17, 15) is 15.2 Å². The first-order valence-electron chi connectivity index (χ1n) is 10.2. The molecule has 0 aliphatic carbocycles. The zero-order valence-electron chi connectivity index (χ0n) is 18.1. The van der Waals surface area contributed by atoms with Gasteiger partial charge in [0.2, 0.25) is 5.91 Å². The normalized spacial score (nSPS) is 22.4. The number of hydrogen-bond donors (Lipinski definition) is 1. The highest BCUT2D eigenvalue weighted by molar-refractivity contribution is 8.03. The molecule has 0 spiro atoms. The molecule has 1 fully saturated rings. The Bertz CT molecular complexity index is 1130. The number of allylic oxidation sites excluding steroid dienone is 1. The van der Waals surface area contributed by atoms with Gasteiger partial charge >= 0.3 is 0 Å². The maximum absolute atomic E-state index is 13.3. The number of fused-ring (bicyclic) bond motifs is 1. The first kappa shape index (κ1) is 22.1. The van der Waals surface area contributed by atoms with Gasteiger partial charge in [0.25, 0.3) is 0 Å². The number of carbonyl (C=O) groups excluding carboxylic acids is 1. The van der Waals surface area contributed by atoms with E-state index in [-0.39, 0.29) is 18.1 Å². The summed E-state index contributed by atoms with van der Waals surface area (Å²) >= 11 is 1.31. The van der Waals surface area contributed by atoms with Crippen molar-refractivity contribution in [3.63, 3.8) is 0 Å². The summed E-state index contributed by atoms with van der Waals surface area (Å²) in [6.07, 6.45) is 0.0666. The largest absolute Gasteiger partial charge is 0.497 e. The van der Waals surface area contributed by atoms with Crippen LogP contribution in [0.1, 0.15) is 30.4 Å². The third kappa shape index (κ3) is 3.57. The van der Waals surface area contributed by atoms with Gasteiger partial charge in [0.1, 0.15) is 5.75 Å². The highest BCUT2D eigenvalue weighted by Gasteiger charge is 2.52. The van der Waals surface area contributed by atoms with E-state index in [4.69, 9.17) is 14.2 Å². The van der Waals surface area contributed by atoms with E-state index in [1.54, 1.807) is 44.6 Å². The maximum Gasteiger partial charge on any atom is 0.231 e. The molecule has 0 unspecified atom stereocenters. The van der Waals surface area contributed by atoms with Gasteiger partial charge in [-0.3, -0.25) is 9.69 Å². The third-order valence-corrected chi connectivity index (χ3v) is 6.96. The number of ether oxygens (including phenoxy) is 3. The Morgan fingerprint density at radius 1 is 1.22 bits per heavy atom. The van der Waals surface area contributed by atoms with E-state index in [0.29, 0.717) is 40.0 Å². The number of rotatable bonds is 6. The van der Waals surface area contributed by atoms with Crippen molar-refractivity contribution in [2.24, 2.45) is 0 Å². The van der Waals surface area contributed by atoms with Crippen LogP contribution in [-0.2, 0) is 10.5 Å². The van der Waals surface area contributed by atoms with Crippen LogP contribution in [0.5, 0.6) is 17.2 Å². The van der Waals surface area contributed by atoms with Crippen molar-refractivity contribution in [1.29, 1.82) is 5.26 Å². The molecule has 1 amide bonds. The summed E-state index contributed by atoms with van der Waals surface area (Å²) in [6.45, 7) is 2.35. The Kier molecular flexibility index (Phi) is 6.04. The lowest BCUT2D eigenvalue weighted by atomic mass is 9.85. The minimum absolute atomic E-state index is 0.0666. The molecule has 2 aliphatic rings.